The number of rotatable bonds is 15. The summed E-state index contributed by atoms with van der Waals surface area (Å²) in [6, 6.07) is 8.52. The highest BCUT2D eigenvalue weighted by Gasteiger charge is 2.55. The van der Waals surface area contributed by atoms with Gasteiger partial charge < -0.3 is 35.4 Å². The summed E-state index contributed by atoms with van der Waals surface area (Å²) in [6.45, 7) is 7.30. The van der Waals surface area contributed by atoms with Crippen LogP contribution in [0.3, 0.4) is 0 Å². The number of hydrogen-bond acceptors (Lipinski definition) is 8. The predicted molar refractivity (Wildman–Crippen MR) is 351 cm³/mol. The van der Waals surface area contributed by atoms with E-state index in [4.69, 9.17) is 8.83 Å². The monoisotopic (exact) mass is 1180 g/mol. The molecule has 22 aliphatic carbocycles. The van der Waals surface area contributed by atoms with Crippen LogP contribution < -0.4 is 26.6 Å². The Labute approximate surface area is 523 Å². The lowest BCUT2D eigenvalue weighted by molar-refractivity contribution is -0.0214. The van der Waals surface area contributed by atoms with Crippen molar-refractivity contribution in [1.82, 2.24) is 26.6 Å². The smallest absolute Gasteiger partial charge is 0.117 e. The lowest BCUT2D eigenvalue weighted by Crippen LogP contribution is -2.58. The fourth-order valence-electron chi connectivity index (χ4n) is 25.7. The molecule has 5 N–H and O–H groups in total. The minimum absolute atomic E-state index is 0.454. The van der Waals surface area contributed by atoms with E-state index in [2.05, 4.69) is 98.1 Å². The van der Waals surface area contributed by atoms with E-state index in [0.29, 0.717) is 27.7 Å². The Morgan fingerprint density at radius 2 is 0.709 bits per heavy atom. The van der Waals surface area contributed by atoms with Crippen LogP contribution in [0.25, 0.3) is 0 Å². The SMILES string of the molecule is C1=CCC(CNC23CC4CC(CC(C4)C2)C3)=C1.C1=CCC(CNC23CC4CC(CC(C4)C2)C3)=C1.Cc1ccc(CNC23CC4CC(CC(C4)C2)C3)o1.c1cc(CNC23CC4CC(CC(C4)C2)C3)co1.c1cc(CNC23CC4CC(CC(C4)C2)C3)cs1. The predicted octanol–water partition coefficient (Wildman–Crippen LogP) is 17.7. The van der Waals surface area contributed by atoms with Gasteiger partial charge in [0.05, 0.1) is 19.1 Å². The molecule has 20 bridgehead atoms. The van der Waals surface area contributed by atoms with Gasteiger partial charge in [0.1, 0.15) is 11.5 Å². The van der Waals surface area contributed by atoms with Gasteiger partial charge in [0, 0.05) is 59.4 Å². The maximum Gasteiger partial charge on any atom is 0.117 e. The Morgan fingerprint density at radius 1 is 0.384 bits per heavy atom. The topological polar surface area (TPSA) is 86.4 Å². The lowest BCUT2D eigenvalue weighted by atomic mass is 9.53. The zero-order chi connectivity index (χ0) is 57.3. The molecule has 20 fully saturated rings. The van der Waals surface area contributed by atoms with E-state index >= 15 is 0 Å². The Kier molecular flexibility index (Phi) is 16.4. The van der Waals surface area contributed by atoms with E-state index in [1.807, 2.05) is 24.5 Å². The molecule has 0 aliphatic heterocycles. The van der Waals surface area contributed by atoms with Gasteiger partial charge in [-0.25, -0.2) is 0 Å². The first-order valence-electron chi connectivity index (χ1n) is 36.5. The average Bonchev–Trinajstić information content (AvgIpc) is 1.17. The summed E-state index contributed by atoms with van der Waals surface area (Å²) in [4.78, 5) is 0. The zero-order valence-electron chi connectivity index (χ0n) is 53.1. The molecule has 20 saturated carbocycles. The first-order valence-corrected chi connectivity index (χ1v) is 37.4. The van der Waals surface area contributed by atoms with Crippen molar-refractivity contribution in [2.45, 2.75) is 260 Å². The number of aryl methyl sites for hydroxylation is 1. The van der Waals surface area contributed by atoms with Gasteiger partial charge >= 0.3 is 0 Å². The molecule has 0 spiro atoms. The molecule has 25 rings (SSSR count). The van der Waals surface area contributed by atoms with Gasteiger partial charge in [0.15, 0.2) is 0 Å². The van der Waals surface area contributed by atoms with E-state index < -0.39 is 0 Å². The van der Waals surface area contributed by atoms with Crippen LogP contribution in [0.5, 0.6) is 0 Å². The molecule has 22 aliphatic rings. The van der Waals surface area contributed by atoms with Gasteiger partial charge in [-0.3, -0.25) is 0 Å². The molecule has 0 saturated heterocycles. The van der Waals surface area contributed by atoms with Crippen molar-refractivity contribution in [3.63, 3.8) is 0 Å². The van der Waals surface area contributed by atoms with Crippen molar-refractivity contribution < 1.29 is 8.83 Å². The van der Waals surface area contributed by atoms with Crippen LogP contribution >= 0.6 is 11.3 Å². The van der Waals surface area contributed by atoms with Crippen molar-refractivity contribution in [1.29, 1.82) is 0 Å². The maximum atomic E-state index is 5.68. The molecule has 8 heteroatoms. The number of hydrogen-bond donors (Lipinski definition) is 5. The fourth-order valence-corrected chi connectivity index (χ4v) is 26.4. The molecule has 0 unspecified atom stereocenters. The van der Waals surface area contributed by atoms with Crippen molar-refractivity contribution >= 4 is 11.3 Å². The third kappa shape index (κ3) is 13.1. The summed E-state index contributed by atoms with van der Waals surface area (Å²) in [7, 11) is 0. The summed E-state index contributed by atoms with van der Waals surface area (Å²) in [6.07, 6.45) is 64.3. The van der Waals surface area contributed by atoms with Gasteiger partial charge in [0.2, 0.25) is 0 Å². The first kappa shape index (κ1) is 58.1. The third-order valence-electron chi connectivity index (χ3n) is 27.2. The van der Waals surface area contributed by atoms with Crippen molar-refractivity contribution in [3.05, 3.63) is 118 Å². The normalized spacial score (nSPS) is 44.2. The second-order valence-electron chi connectivity index (χ2n) is 34.4. The summed E-state index contributed by atoms with van der Waals surface area (Å²) in [5, 5.41) is 24.1. The van der Waals surface area contributed by atoms with Crippen molar-refractivity contribution in [3.8, 4) is 0 Å². The largest absolute Gasteiger partial charge is 0.472 e. The standard InChI is InChI=1S/C16H23NO.2C16H23N.C15H21NO.C15H21NS/c1-11-2-3-15(18-11)10-17-16-7-12-4-13(8-16)6-14(5-12)9-16;2*1-2-4-12(3-1)11-17-16-8-13-5-14(9-16)7-15(6-13)10-16;2*1-2-17-10-11(1)9-16-15-6-12-3-13(7-15)5-14(4-12)8-15/h2-3,12-14,17H,4-10H2,1H3;2*1-3,13-15,17H,4-11H2;2*1-2,10,12-14,16H,3-9H2. The Hall–Kier alpha value is -2.98. The van der Waals surface area contributed by atoms with Crippen LogP contribution in [-0.2, 0) is 19.6 Å². The molecular formula is C78H111N5O2S. The average molecular weight is 1180 g/mol. The molecule has 0 radical (unpaired) electrons. The fraction of sp³-hybridized carbons (Fsp3) is 0.744. The third-order valence-corrected chi connectivity index (χ3v) is 27.9. The highest BCUT2D eigenvalue weighted by Crippen LogP contribution is 2.60. The van der Waals surface area contributed by atoms with Gasteiger partial charge in [-0.2, -0.15) is 11.3 Å². The van der Waals surface area contributed by atoms with Crippen LogP contribution in [0, 0.1) is 95.7 Å². The molecule has 0 aromatic carbocycles. The zero-order valence-corrected chi connectivity index (χ0v) is 53.9. The second kappa shape index (κ2) is 24.2. The van der Waals surface area contributed by atoms with Crippen molar-refractivity contribution in [2.24, 2.45) is 88.8 Å². The van der Waals surface area contributed by atoms with Crippen LogP contribution in [0.1, 0.15) is 228 Å². The number of furan rings is 2. The molecule has 0 atom stereocenters. The number of thiophene rings is 1. The Bertz CT molecular complexity index is 2570. The van der Waals surface area contributed by atoms with E-state index in [1.165, 1.54) is 159 Å². The van der Waals surface area contributed by atoms with Gasteiger partial charge in [-0.15, -0.1) is 0 Å². The highest BCUT2D eigenvalue weighted by molar-refractivity contribution is 7.07. The summed E-state index contributed by atoms with van der Waals surface area (Å²) < 4.78 is 10.8. The maximum absolute atomic E-state index is 5.68. The minimum Gasteiger partial charge on any atom is -0.472 e. The highest BCUT2D eigenvalue weighted by atomic mass is 32.1. The molecule has 7 nitrogen and oxygen atoms in total. The quantitative estimate of drug-likeness (QED) is 0.104. The minimum atomic E-state index is 0.454. The molecule has 466 valence electrons. The van der Waals surface area contributed by atoms with Gasteiger partial charge in [0.25, 0.3) is 0 Å². The Balaban J connectivity index is 0.0000000872. The second-order valence-corrected chi connectivity index (χ2v) is 35.2. The lowest BCUT2D eigenvalue weighted by Gasteiger charge is -2.57. The summed E-state index contributed by atoms with van der Waals surface area (Å²) >= 11 is 1.82. The molecular weight excluding hydrogens is 1070 g/mol. The first-order chi connectivity index (χ1) is 42.0. The molecule has 3 heterocycles. The van der Waals surface area contributed by atoms with E-state index in [-0.39, 0.29) is 0 Å². The molecule has 86 heavy (non-hydrogen) atoms. The summed E-state index contributed by atoms with van der Waals surface area (Å²) in [5.74, 6) is 17.8. The van der Waals surface area contributed by atoms with Gasteiger partial charge in [-0.05, 0) is 342 Å². The van der Waals surface area contributed by atoms with Crippen molar-refractivity contribution in [2.75, 3.05) is 13.1 Å². The number of nitrogens with one attached hydrogen (secondary N) is 5. The van der Waals surface area contributed by atoms with Crippen LogP contribution in [-0.4, -0.2) is 40.8 Å². The summed E-state index contributed by atoms with van der Waals surface area (Å²) in [5.41, 5.74) is 8.47. The molecule has 3 aromatic rings. The van der Waals surface area contributed by atoms with E-state index in [0.717, 1.165) is 133 Å². The van der Waals surface area contributed by atoms with Crippen LogP contribution in [0.2, 0.25) is 0 Å². The number of allylic oxidation sites excluding steroid dienone is 6. The van der Waals surface area contributed by atoms with Crippen LogP contribution in [0.15, 0.2) is 104 Å². The van der Waals surface area contributed by atoms with E-state index in [9.17, 15) is 0 Å². The van der Waals surface area contributed by atoms with Gasteiger partial charge in [-0.1, -0.05) is 47.6 Å². The molecule has 0 amide bonds. The van der Waals surface area contributed by atoms with Crippen LogP contribution in [0.4, 0.5) is 0 Å². The molecule has 3 aromatic heterocycles. The Morgan fingerprint density at radius 3 is 0.977 bits per heavy atom. The van der Waals surface area contributed by atoms with E-state index in [1.54, 1.807) is 75.2 Å².